The van der Waals surface area contributed by atoms with Gasteiger partial charge in [-0.15, -0.1) is 6.42 Å². The van der Waals surface area contributed by atoms with Crippen LogP contribution in [0.4, 0.5) is 0 Å². The summed E-state index contributed by atoms with van der Waals surface area (Å²) in [6.45, 7) is 18.3. The molecule has 0 amide bonds. The van der Waals surface area contributed by atoms with Gasteiger partial charge in [0.1, 0.15) is 0 Å². The molecule has 17 heavy (non-hydrogen) atoms. The zero-order valence-electron chi connectivity index (χ0n) is 12.5. The molecule has 0 spiro atoms. The van der Waals surface area contributed by atoms with Crippen LogP contribution in [0, 0.1) is 18.3 Å². The molecule has 0 fully saturated rings. The molecule has 0 radical (unpaired) electrons. The van der Waals surface area contributed by atoms with E-state index < -0.39 is 0 Å². The lowest BCUT2D eigenvalue weighted by Gasteiger charge is -2.26. The second-order valence-electron chi connectivity index (χ2n) is 3.90. The molecule has 0 aliphatic carbocycles. The molecule has 0 unspecified atom stereocenters. The second-order valence-corrected chi connectivity index (χ2v) is 3.90. The van der Waals surface area contributed by atoms with Crippen molar-refractivity contribution in [1.82, 2.24) is 4.90 Å². The fourth-order valence-corrected chi connectivity index (χ4v) is 1.06. The van der Waals surface area contributed by atoms with Crippen molar-refractivity contribution in [2.45, 2.75) is 48.5 Å². The quantitative estimate of drug-likeness (QED) is 0.621. The van der Waals surface area contributed by atoms with E-state index in [1.165, 1.54) is 0 Å². The fraction of sp³-hybridized carbons (Fsp3) is 0.500. The number of nitrogens with zero attached hydrogens (tertiary/aromatic N) is 1. The Morgan fingerprint density at radius 1 is 1.29 bits per heavy atom. The highest BCUT2D eigenvalue weighted by Crippen LogP contribution is 2.20. The highest BCUT2D eigenvalue weighted by molar-refractivity contribution is 5.26. The highest BCUT2D eigenvalue weighted by atomic mass is 15.1. The summed E-state index contributed by atoms with van der Waals surface area (Å²) in [6.07, 6.45) is 9.35. The van der Waals surface area contributed by atoms with Gasteiger partial charge in [-0.05, 0) is 26.7 Å². The first-order chi connectivity index (χ1) is 7.93. The van der Waals surface area contributed by atoms with Crippen molar-refractivity contribution >= 4 is 0 Å². The van der Waals surface area contributed by atoms with Gasteiger partial charge in [-0.1, -0.05) is 46.3 Å². The predicted octanol–water partition coefficient (Wildman–Crippen LogP) is 4.95. The lowest BCUT2D eigenvalue weighted by Crippen LogP contribution is -2.17. The Bertz CT molecular complexity index is 324. The summed E-state index contributed by atoms with van der Waals surface area (Å²) >= 11 is 0. The molecule has 0 bridgehead atoms. The van der Waals surface area contributed by atoms with Gasteiger partial charge in [0.15, 0.2) is 0 Å². The van der Waals surface area contributed by atoms with Crippen molar-refractivity contribution in [1.29, 1.82) is 0 Å². The maximum atomic E-state index is 5.34. The van der Waals surface area contributed by atoms with E-state index in [2.05, 4.69) is 31.2 Å². The monoisotopic (exact) mass is 233 g/mol. The summed E-state index contributed by atoms with van der Waals surface area (Å²) in [6, 6.07) is 0. The largest absolute Gasteiger partial charge is 0.325 e. The van der Waals surface area contributed by atoms with E-state index >= 15 is 0 Å². The van der Waals surface area contributed by atoms with Gasteiger partial charge in [0.25, 0.3) is 0 Å². The van der Waals surface area contributed by atoms with Gasteiger partial charge >= 0.3 is 0 Å². The third-order valence-electron chi connectivity index (χ3n) is 2.32. The summed E-state index contributed by atoms with van der Waals surface area (Å²) in [5, 5.41) is 0. The molecule has 0 N–H and O–H groups in total. The zero-order valence-corrected chi connectivity index (χ0v) is 12.5. The molecule has 0 rings (SSSR count). The normalized spacial score (nSPS) is 11.5. The van der Waals surface area contributed by atoms with Gasteiger partial charge in [0, 0.05) is 23.2 Å². The van der Waals surface area contributed by atoms with E-state index in [4.69, 9.17) is 6.42 Å². The van der Waals surface area contributed by atoms with Gasteiger partial charge in [-0.2, -0.15) is 0 Å². The summed E-state index contributed by atoms with van der Waals surface area (Å²) < 4.78 is 0. The van der Waals surface area contributed by atoms with Crippen LogP contribution in [0.1, 0.15) is 48.5 Å². The number of hydrogen-bond donors (Lipinski definition) is 0. The number of hydrogen-bond acceptors (Lipinski definition) is 1. The van der Waals surface area contributed by atoms with Gasteiger partial charge in [-0.3, -0.25) is 0 Å². The summed E-state index contributed by atoms with van der Waals surface area (Å²) in [5.41, 5.74) is 3.10. The summed E-state index contributed by atoms with van der Waals surface area (Å²) in [4.78, 5) is 2.06. The van der Waals surface area contributed by atoms with Crippen LogP contribution in [-0.2, 0) is 0 Å². The van der Waals surface area contributed by atoms with Crippen LogP contribution in [0.5, 0.6) is 0 Å². The van der Waals surface area contributed by atoms with Crippen molar-refractivity contribution in [2.24, 2.45) is 5.92 Å². The van der Waals surface area contributed by atoms with Crippen LogP contribution in [0.2, 0.25) is 0 Å². The summed E-state index contributed by atoms with van der Waals surface area (Å²) in [7, 11) is 0. The molecule has 1 heteroatoms. The molecule has 0 aromatic heterocycles. The first-order valence-corrected chi connectivity index (χ1v) is 6.20. The van der Waals surface area contributed by atoms with Crippen molar-refractivity contribution in [3.8, 4) is 12.3 Å². The molecule has 0 aliphatic heterocycles. The van der Waals surface area contributed by atoms with Crippen LogP contribution >= 0.6 is 0 Å². The molecule has 0 saturated heterocycles. The van der Waals surface area contributed by atoms with Crippen LogP contribution in [-0.4, -0.2) is 4.90 Å². The number of allylic oxidation sites excluding steroid dienone is 4. The Balaban J connectivity index is 0. The Hall–Kier alpha value is -1.42. The molecule has 0 aromatic rings. The Labute approximate surface area is 108 Å². The fourth-order valence-electron chi connectivity index (χ4n) is 1.06. The number of terminal acetylenes is 1. The first-order valence-electron chi connectivity index (χ1n) is 6.20. The van der Waals surface area contributed by atoms with E-state index in [1.807, 2.05) is 46.9 Å². The lowest BCUT2D eigenvalue weighted by atomic mass is 10.1. The van der Waals surface area contributed by atoms with E-state index in [-0.39, 0.29) is 0 Å². The molecular weight excluding hydrogens is 206 g/mol. The van der Waals surface area contributed by atoms with Gasteiger partial charge < -0.3 is 4.90 Å². The highest BCUT2D eigenvalue weighted by Gasteiger charge is 2.09. The van der Waals surface area contributed by atoms with Gasteiger partial charge in [-0.25, -0.2) is 0 Å². The van der Waals surface area contributed by atoms with Crippen LogP contribution in [0.25, 0.3) is 0 Å². The standard InChI is InChI=1S/C14H21N.C2H6/c1-8-12(5)10-15(13(6)9-2)14(7)11(3)4;1-2/h1,9-11H,7H2,2-6H3;1-2H3/b12-10-,13-9-;. The summed E-state index contributed by atoms with van der Waals surface area (Å²) in [5.74, 6) is 3.02. The Morgan fingerprint density at radius 2 is 1.76 bits per heavy atom. The molecule has 0 saturated carbocycles. The van der Waals surface area contributed by atoms with Crippen molar-refractivity contribution in [3.63, 3.8) is 0 Å². The Morgan fingerprint density at radius 3 is 2.06 bits per heavy atom. The maximum Gasteiger partial charge on any atom is 0.0200 e. The van der Waals surface area contributed by atoms with Crippen LogP contribution in [0.3, 0.4) is 0 Å². The average Bonchev–Trinajstić information content (AvgIpc) is 2.35. The molecule has 1 nitrogen and oxygen atoms in total. The molecule has 0 atom stereocenters. The second kappa shape index (κ2) is 9.78. The van der Waals surface area contributed by atoms with Crippen LogP contribution < -0.4 is 0 Å². The van der Waals surface area contributed by atoms with Crippen molar-refractivity contribution < 1.29 is 0 Å². The van der Waals surface area contributed by atoms with Gasteiger partial charge in [0.05, 0.1) is 0 Å². The lowest BCUT2D eigenvalue weighted by molar-refractivity contribution is 0.495. The number of rotatable bonds is 4. The third kappa shape index (κ3) is 6.68. The molecule has 0 aromatic carbocycles. The predicted molar refractivity (Wildman–Crippen MR) is 79.2 cm³/mol. The first kappa shape index (κ1) is 18.0. The topological polar surface area (TPSA) is 3.24 Å². The van der Waals surface area contributed by atoms with Crippen molar-refractivity contribution in [3.05, 3.63) is 35.8 Å². The van der Waals surface area contributed by atoms with E-state index in [9.17, 15) is 0 Å². The minimum absolute atomic E-state index is 0.404. The molecule has 0 aliphatic rings. The SMILES string of the molecule is C#C/C(C)=C\N(C(=C)C(C)C)/C(C)=C\C.CC. The van der Waals surface area contributed by atoms with Crippen molar-refractivity contribution in [2.75, 3.05) is 0 Å². The molecule has 0 heterocycles. The third-order valence-corrected chi connectivity index (χ3v) is 2.32. The minimum Gasteiger partial charge on any atom is -0.325 e. The van der Waals surface area contributed by atoms with E-state index in [1.54, 1.807) is 0 Å². The zero-order chi connectivity index (χ0) is 14.0. The van der Waals surface area contributed by atoms with Gasteiger partial charge in [0.2, 0.25) is 0 Å². The molecular formula is C16H27N. The molecule has 96 valence electrons. The maximum absolute atomic E-state index is 5.34. The van der Waals surface area contributed by atoms with E-state index in [0.717, 1.165) is 17.0 Å². The van der Waals surface area contributed by atoms with E-state index in [0.29, 0.717) is 5.92 Å². The smallest absolute Gasteiger partial charge is 0.0200 e. The van der Waals surface area contributed by atoms with Crippen LogP contribution in [0.15, 0.2) is 35.8 Å². The Kier molecular flexibility index (Phi) is 10.3. The average molecular weight is 233 g/mol. The minimum atomic E-state index is 0.404.